The predicted molar refractivity (Wildman–Crippen MR) is 127 cm³/mol. The van der Waals surface area contributed by atoms with Crippen LogP contribution < -0.4 is 0 Å². The van der Waals surface area contributed by atoms with Crippen molar-refractivity contribution < 1.29 is 14.6 Å². The molecule has 1 saturated carbocycles. The number of ether oxygens (including phenoxy) is 1. The molecule has 0 unspecified atom stereocenters. The number of carbonyl (C=O) groups is 1. The van der Waals surface area contributed by atoms with Gasteiger partial charge >= 0.3 is 0 Å². The van der Waals surface area contributed by atoms with Gasteiger partial charge in [-0.2, -0.15) is 0 Å². The van der Waals surface area contributed by atoms with Crippen LogP contribution in [0.25, 0.3) is 11.1 Å². The van der Waals surface area contributed by atoms with E-state index < -0.39 is 0 Å². The Morgan fingerprint density at radius 1 is 1.06 bits per heavy atom. The quantitative estimate of drug-likeness (QED) is 0.742. The van der Waals surface area contributed by atoms with Gasteiger partial charge < -0.3 is 19.6 Å². The van der Waals surface area contributed by atoms with E-state index in [9.17, 15) is 9.90 Å². The molecule has 4 rings (SSSR count). The summed E-state index contributed by atoms with van der Waals surface area (Å²) in [5.41, 5.74) is 3.73. The third kappa shape index (κ3) is 5.22. The number of amides is 1. The number of benzene rings is 2. The lowest BCUT2D eigenvalue weighted by Crippen LogP contribution is -2.47. The fourth-order valence-corrected chi connectivity index (χ4v) is 4.67. The van der Waals surface area contributed by atoms with Crippen LogP contribution in [0.15, 0.2) is 48.5 Å². The van der Waals surface area contributed by atoms with E-state index in [-0.39, 0.29) is 30.6 Å². The standard InChI is InChI=1S/C27H36N2O3/c1-19-14-29(20(2)17-30)27(31)25-11-7-6-10-24(25)23-9-5-4-8-22(23)18-32-26(19)16-28(3)15-21-12-13-21/h4-11,19-21,26,30H,12-18H2,1-3H3/t19-,20-,26+/m0/s1. The third-order valence-corrected chi connectivity index (χ3v) is 6.85. The van der Waals surface area contributed by atoms with Gasteiger partial charge in [-0.1, -0.05) is 49.4 Å². The molecular weight excluding hydrogens is 400 g/mol. The van der Waals surface area contributed by atoms with Crippen molar-refractivity contribution in [2.75, 3.05) is 33.3 Å². The lowest BCUT2D eigenvalue weighted by atomic mass is 9.94. The zero-order valence-electron chi connectivity index (χ0n) is 19.5. The van der Waals surface area contributed by atoms with Gasteiger partial charge in [0.2, 0.25) is 0 Å². The molecule has 0 bridgehead atoms. The first-order valence-electron chi connectivity index (χ1n) is 11.9. The zero-order valence-corrected chi connectivity index (χ0v) is 19.5. The number of fused-ring (bicyclic) bond motifs is 3. The minimum Gasteiger partial charge on any atom is -0.394 e. The smallest absolute Gasteiger partial charge is 0.254 e. The molecule has 0 spiro atoms. The zero-order chi connectivity index (χ0) is 22.7. The summed E-state index contributed by atoms with van der Waals surface area (Å²) in [5.74, 6) is 0.920. The molecule has 2 aliphatic rings. The normalized spacial score (nSPS) is 22.8. The van der Waals surface area contributed by atoms with Gasteiger partial charge in [0.15, 0.2) is 0 Å². The summed E-state index contributed by atoms with van der Waals surface area (Å²) in [6, 6.07) is 15.7. The minimum atomic E-state index is -0.265. The topological polar surface area (TPSA) is 53.0 Å². The van der Waals surface area contributed by atoms with Gasteiger partial charge in [0, 0.05) is 31.1 Å². The lowest BCUT2D eigenvalue weighted by molar-refractivity contribution is -0.0235. The summed E-state index contributed by atoms with van der Waals surface area (Å²) in [6.45, 7) is 7.01. The highest BCUT2D eigenvalue weighted by molar-refractivity contribution is 6.01. The van der Waals surface area contributed by atoms with Gasteiger partial charge in [-0.05, 0) is 55.5 Å². The summed E-state index contributed by atoms with van der Waals surface area (Å²) >= 11 is 0. The molecule has 172 valence electrons. The molecule has 0 radical (unpaired) electrons. The number of aliphatic hydroxyl groups is 1. The molecule has 1 fully saturated rings. The number of rotatable bonds is 6. The maximum absolute atomic E-state index is 13.8. The van der Waals surface area contributed by atoms with E-state index in [0.29, 0.717) is 18.7 Å². The average Bonchev–Trinajstić information content (AvgIpc) is 3.62. The third-order valence-electron chi connectivity index (χ3n) is 6.85. The molecule has 2 aromatic rings. The molecule has 5 nitrogen and oxygen atoms in total. The van der Waals surface area contributed by atoms with Crippen LogP contribution in [0.4, 0.5) is 0 Å². The second kappa shape index (κ2) is 10.2. The number of nitrogens with zero attached hydrogens (tertiary/aromatic N) is 2. The highest BCUT2D eigenvalue weighted by Crippen LogP contribution is 2.32. The second-order valence-corrected chi connectivity index (χ2v) is 9.68. The van der Waals surface area contributed by atoms with Crippen molar-refractivity contribution in [3.63, 3.8) is 0 Å². The van der Waals surface area contributed by atoms with E-state index in [1.807, 2.05) is 48.2 Å². The summed E-state index contributed by atoms with van der Waals surface area (Å²) in [6.07, 6.45) is 2.65. The van der Waals surface area contributed by atoms with Gasteiger partial charge in [0.1, 0.15) is 0 Å². The highest BCUT2D eigenvalue weighted by atomic mass is 16.5. The Balaban J connectivity index is 1.72. The molecule has 1 N–H and O–H groups in total. The lowest BCUT2D eigenvalue weighted by Gasteiger charge is -2.35. The maximum Gasteiger partial charge on any atom is 0.254 e. The molecule has 1 aliphatic heterocycles. The van der Waals surface area contributed by atoms with Gasteiger partial charge in [-0.3, -0.25) is 4.79 Å². The molecule has 32 heavy (non-hydrogen) atoms. The molecular formula is C27H36N2O3. The van der Waals surface area contributed by atoms with Crippen LogP contribution >= 0.6 is 0 Å². The summed E-state index contributed by atoms with van der Waals surface area (Å²) in [5, 5.41) is 9.92. The molecule has 2 aromatic carbocycles. The Kier molecular flexibility index (Phi) is 7.29. The average molecular weight is 437 g/mol. The van der Waals surface area contributed by atoms with Crippen molar-refractivity contribution in [2.45, 2.75) is 45.4 Å². The first-order chi connectivity index (χ1) is 15.5. The number of hydrogen-bond acceptors (Lipinski definition) is 4. The Bertz CT molecular complexity index is 927. The maximum atomic E-state index is 13.8. The first kappa shape index (κ1) is 23.0. The second-order valence-electron chi connectivity index (χ2n) is 9.68. The number of carbonyl (C=O) groups excluding carboxylic acids is 1. The molecule has 1 amide bonds. The first-order valence-corrected chi connectivity index (χ1v) is 11.9. The van der Waals surface area contributed by atoms with Crippen LogP contribution in [0.5, 0.6) is 0 Å². The Morgan fingerprint density at radius 3 is 2.41 bits per heavy atom. The fraction of sp³-hybridized carbons (Fsp3) is 0.519. The van der Waals surface area contributed by atoms with Crippen molar-refractivity contribution >= 4 is 5.91 Å². The van der Waals surface area contributed by atoms with Crippen LogP contribution in [0, 0.1) is 11.8 Å². The predicted octanol–water partition coefficient (Wildman–Crippen LogP) is 4.05. The molecule has 0 aromatic heterocycles. The Labute approximate surface area is 192 Å². The Hall–Kier alpha value is -2.21. The summed E-state index contributed by atoms with van der Waals surface area (Å²) < 4.78 is 6.56. The summed E-state index contributed by atoms with van der Waals surface area (Å²) in [7, 11) is 2.17. The number of aliphatic hydroxyl groups excluding tert-OH is 1. The Morgan fingerprint density at radius 2 is 1.72 bits per heavy atom. The number of hydrogen-bond donors (Lipinski definition) is 1. The van der Waals surface area contributed by atoms with Crippen LogP contribution in [-0.2, 0) is 11.3 Å². The van der Waals surface area contributed by atoms with Crippen LogP contribution in [0.2, 0.25) is 0 Å². The number of likely N-dealkylation sites (N-methyl/N-ethyl adjacent to an activating group) is 1. The fourth-order valence-electron chi connectivity index (χ4n) is 4.67. The largest absolute Gasteiger partial charge is 0.394 e. The highest BCUT2D eigenvalue weighted by Gasteiger charge is 2.31. The van der Waals surface area contributed by atoms with Crippen LogP contribution in [0.3, 0.4) is 0 Å². The minimum absolute atomic E-state index is 0.00536. The van der Waals surface area contributed by atoms with Crippen molar-refractivity contribution in [2.24, 2.45) is 11.8 Å². The molecule has 1 heterocycles. The van der Waals surface area contributed by atoms with Crippen LogP contribution in [-0.4, -0.2) is 66.2 Å². The molecule has 0 saturated heterocycles. The van der Waals surface area contributed by atoms with E-state index in [2.05, 4.69) is 31.0 Å². The molecule has 1 aliphatic carbocycles. The van der Waals surface area contributed by atoms with E-state index in [4.69, 9.17) is 4.74 Å². The van der Waals surface area contributed by atoms with E-state index in [0.717, 1.165) is 35.7 Å². The van der Waals surface area contributed by atoms with Crippen LogP contribution in [0.1, 0.15) is 42.6 Å². The van der Waals surface area contributed by atoms with Gasteiger partial charge in [0.25, 0.3) is 5.91 Å². The monoisotopic (exact) mass is 436 g/mol. The van der Waals surface area contributed by atoms with E-state index in [1.54, 1.807) is 0 Å². The SMILES string of the molecule is C[C@H]1CN([C@@H](C)CO)C(=O)c2ccccc2-c2ccccc2CO[C@@H]1CN(C)CC1CC1. The van der Waals surface area contributed by atoms with Crippen molar-refractivity contribution in [3.8, 4) is 11.1 Å². The molecule has 5 heteroatoms. The van der Waals surface area contributed by atoms with Crippen molar-refractivity contribution in [1.29, 1.82) is 0 Å². The van der Waals surface area contributed by atoms with Gasteiger partial charge in [0.05, 0.1) is 25.4 Å². The van der Waals surface area contributed by atoms with E-state index in [1.165, 1.54) is 12.8 Å². The van der Waals surface area contributed by atoms with Gasteiger partial charge in [-0.15, -0.1) is 0 Å². The van der Waals surface area contributed by atoms with E-state index >= 15 is 0 Å². The van der Waals surface area contributed by atoms with Gasteiger partial charge in [-0.25, -0.2) is 0 Å². The van der Waals surface area contributed by atoms with Crippen molar-refractivity contribution in [3.05, 3.63) is 59.7 Å². The van der Waals surface area contributed by atoms with Crippen molar-refractivity contribution in [1.82, 2.24) is 9.80 Å². The molecule has 3 atom stereocenters. The summed E-state index contributed by atoms with van der Waals surface area (Å²) in [4.78, 5) is 18.0.